The first-order valence-corrected chi connectivity index (χ1v) is 7.51. The van der Waals surface area contributed by atoms with E-state index in [0.29, 0.717) is 22.9 Å². The molecule has 20 heavy (non-hydrogen) atoms. The average molecular weight is 315 g/mol. The summed E-state index contributed by atoms with van der Waals surface area (Å²) in [5.74, 6) is -0.00380. The maximum Gasteiger partial charge on any atom is 0.126 e. The molecule has 1 heterocycles. The third kappa shape index (κ3) is 2.99. The Labute approximate surface area is 128 Å². The second kappa shape index (κ2) is 6.59. The van der Waals surface area contributed by atoms with Crippen molar-refractivity contribution in [3.63, 3.8) is 0 Å². The zero-order valence-corrected chi connectivity index (χ0v) is 13.0. The largest absolute Gasteiger partial charge is 0.268 e. The van der Waals surface area contributed by atoms with Gasteiger partial charge in [-0.25, -0.2) is 4.39 Å². The van der Waals surface area contributed by atoms with Gasteiger partial charge in [0.25, 0.3) is 0 Å². The summed E-state index contributed by atoms with van der Waals surface area (Å²) >= 11 is 12.3. The number of halogens is 3. The van der Waals surface area contributed by atoms with Gasteiger partial charge in [-0.1, -0.05) is 29.8 Å². The third-order valence-corrected chi connectivity index (χ3v) is 4.29. The fourth-order valence-corrected chi connectivity index (χ4v) is 2.84. The van der Waals surface area contributed by atoms with Crippen LogP contribution < -0.4 is 0 Å². The van der Waals surface area contributed by atoms with Crippen LogP contribution in [-0.2, 0) is 13.0 Å². The van der Waals surface area contributed by atoms with Crippen LogP contribution >= 0.6 is 23.2 Å². The van der Waals surface area contributed by atoms with E-state index in [-0.39, 0.29) is 11.7 Å². The minimum atomic E-state index is -0.228. The molecule has 0 bridgehead atoms. The van der Waals surface area contributed by atoms with E-state index in [9.17, 15) is 4.39 Å². The summed E-state index contributed by atoms with van der Waals surface area (Å²) in [6, 6.07) is 6.73. The zero-order valence-electron chi connectivity index (χ0n) is 11.5. The predicted molar refractivity (Wildman–Crippen MR) is 81.2 cm³/mol. The molecule has 2 nitrogen and oxygen atoms in total. The van der Waals surface area contributed by atoms with Crippen LogP contribution in [0.5, 0.6) is 0 Å². The molecule has 5 heteroatoms. The first kappa shape index (κ1) is 15.3. The number of aromatic nitrogens is 2. The lowest BCUT2D eigenvalue weighted by Crippen LogP contribution is -2.11. The molecule has 1 aromatic carbocycles. The highest BCUT2D eigenvalue weighted by Crippen LogP contribution is 2.29. The van der Waals surface area contributed by atoms with Gasteiger partial charge in [-0.15, -0.1) is 11.6 Å². The van der Waals surface area contributed by atoms with Gasteiger partial charge in [0.05, 0.1) is 16.4 Å². The minimum absolute atomic E-state index is 0.114. The van der Waals surface area contributed by atoms with Gasteiger partial charge in [0, 0.05) is 18.3 Å². The van der Waals surface area contributed by atoms with Crippen LogP contribution in [0.25, 0.3) is 0 Å². The molecule has 0 saturated carbocycles. The number of hydrogen-bond donors (Lipinski definition) is 0. The molecule has 1 aromatic heterocycles. The van der Waals surface area contributed by atoms with Crippen molar-refractivity contribution in [2.45, 2.75) is 32.7 Å². The lowest BCUT2D eigenvalue weighted by molar-refractivity contribution is 0.566. The molecule has 0 spiro atoms. The van der Waals surface area contributed by atoms with Crippen molar-refractivity contribution in [1.29, 1.82) is 0 Å². The van der Waals surface area contributed by atoms with E-state index in [1.54, 1.807) is 12.1 Å². The van der Waals surface area contributed by atoms with E-state index in [1.807, 2.05) is 24.6 Å². The topological polar surface area (TPSA) is 17.8 Å². The molecular formula is C15H17Cl2FN2. The Morgan fingerprint density at radius 2 is 2.05 bits per heavy atom. The van der Waals surface area contributed by atoms with E-state index in [4.69, 9.17) is 23.2 Å². The van der Waals surface area contributed by atoms with Crippen molar-refractivity contribution in [3.8, 4) is 0 Å². The fourth-order valence-electron chi connectivity index (χ4n) is 2.35. The van der Waals surface area contributed by atoms with Crippen LogP contribution in [0, 0.1) is 12.7 Å². The van der Waals surface area contributed by atoms with Crippen LogP contribution in [0.4, 0.5) is 4.39 Å². The quantitative estimate of drug-likeness (QED) is 0.739. The van der Waals surface area contributed by atoms with Crippen molar-refractivity contribution in [1.82, 2.24) is 9.78 Å². The van der Waals surface area contributed by atoms with Crippen molar-refractivity contribution >= 4 is 23.2 Å². The lowest BCUT2D eigenvalue weighted by atomic mass is 9.95. The summed E-state index contributed by atoms with van der Waals surface area (Å²) < 4.78 is 15.8. The maximum absolute atomic E-state index is 13.9. The monoisotopic (exact) mass is 314 g/mol. The molecule has 108 valence electrons. The average Bonchev–Trinajstić information content (AvgIpc) is 2.73. The van der Waals surface area contributed by atoms with Gasteiger partial charge in [-0.05, 0) is 31.9 Å². The number of alkyl halides is 1. The lowest BCUT2D eigenvalue weighted by Gasteiger charge is -2.16. The first-order chi connectivity index (χ1) is 9.58. The summed E-state index contributed by atoms with van der Waals surface area (Å²) in [6.07, 6.45) is 0.581. The van der Waals surface area contributed by atoms with Crippen molar-refractivity contribution in [2.24, 2.45) is 0 Å². The second-order valence-corrected chi connectivity index (χ2v) is 5.43. The first-order valence-electron chi connectivity index (χ1n) is 6.60. The van der Waals surface area contributed by atoms with Gasteiger partial charge < -0.3 is 0 Å². The van der Waals surface area contributed by atoms with E-state index in [0.717, 1.165) is 17.9 Å². The third-order valence-electron chi connectivity index (χ3n) is 3.42. The van der Waals surface area contributed by atoms with Crippen molar-refractivity contribution in [3.05, 3.63) is 52.1 Å². The Morgan fingerprint density at radius 1 is 1.35 bits per heavy atom. The summed E-state index contributed by atoms with van der Waals surface area (Å²) in [5.41, 5.74) is 2.34. The molecule has 0 saturated heterocycles. The van der Waals surface area contributed by atoms with Gasteiger partial charge in [-0.2, -0.15) is 5.10 Å². The smallest absolute Gasteiger partial charge is 0.126 e. The molecule has 0 amide bonds. The molecule has 0 aliphatic carbocycles. The Hall–Kier alpha value is -1.06. The minimum Gasteiger partial charge on any atom is -0.268 e. The van der Waals surface area contributed by atoms with Crippen LogP contribution in [0.1, 0.15) is 29.8 Å². The molecular weight excluding hydrogens is 298 g/mol. The van der Waals surface area contributed by atoms with Crippen LogP contribution in [0.15, 0.2) is 24.3 Å². The van der Waals surface area contributed by atoms with Crippen LogP contribution in [0.2, 0.25) is 5.02 Å². The van der Waals surface area contributed by atoms with E-state index >= 15 is 0 Å². The Kier molecular flexibility index (Phi) is 5.06. The number of aryl methyl sites for hydroxylation is 2. The van der Waals surface area contributed by atoms with Crippen molar-refractivity contribution < 1.29 is 4.39 Å². The molecule has 0 aliphatic heterocycles. The van der Waals surface area contributed by atoms with E-state index in [1.165, 1.54) is 6.07 Å². The molecule has 2 rings (SSSR count). The predicted octanol–water partition coefficient (Wildman–Crippen LogP) is 4.57. The SMILES string of the molecule is CCn1nc(C)c(Cl)c1CC(CCl)c1ccccc1F. The molecule has 2 aromatic rings. The number of nitrogens with zero attached hydrogens (tertiary/aromatic N) is 2. The highest BCUT2D eigenvalue weighted by atomic mass is 35.5. The summed E-state index contributed by atoms with van der Waals surface area (Å²) in [4.78, 5) is 0. The molecule has 1 atom stereocenters. The Morgan fingerprint density at radius 3 is 2.65 bits per heavy atom. The van der Waals surface area contributed by atoms with Crippen molar-refractivity contribution in [2.75, 3.05) is 5.88 Å². The van der Waals surface area contributed by atoms with Gasteiger partial charge >= 0.3 is 0 Å². The highest BCUT2D eigenvalue weighted by Gasteiger charge is 2.20. The molecule has 0 radical (unpaired) electrons. The molecule has 1 unspecified atom stereocenters. The van der Waals surface area contributed by atoms with Crippen LogP contribution in [-0.4, -0.2) is 15.7 Å². The highest BCUT2D eigenvalue weighted by molar-refractivity contribution is 6.31. The Bertz CT molecular complexity index is 596. The standard InChI is InChI=1S/C15H17Cl2FN2/c1-3-20-14(15(17)10(2)19-20)8-11(9-16)12-6-4-5-7-13(12)18/h4-7,11H,3,8-9H2,1-2H3. The number of rotatable bonds is 5. The normalized spacial score (nSPS) is 12.7. The number of hydrogen-bond acceptors (Lipinski definition) is 1. The van der Waals surface area contributed by atoms with Gasteiger partial charge in [0.15, 0.2) is 0 Å². The fraction of sp³-hybridized carbons (Fsp3) is 0.400. The van der Waals surface area contributed by atoms with Crippen LogP contribution in [0.3, 0.4) is 0 Å². The van der Waals surface area contributed by atoms with E-state index in [2.05, 4.69) is 5.10 Å². The molecule has 0 N–H and O–H groups in total. The molecule has 0 aliphatic rings. The van der Waals surface area contributed by atoms with E-state index < -0.39 is 0 Å². The van der Waals surface area contributed by atoms with Gasteiger partial charge in [0.2, 0.25) is 0 Å². The summed E-state index contributed by atoms with van der Waals surface area (Å²) in [5, 5.41) is 5.03. The second-order valence-electron chi connectivity index (χ2n) is 4.74. The maximum atomic E-state index is 13.9. The molecule has 0 fully saturated rings. The van der Waals surface area contributed by atoms with Gasteiger partial charge in [0.1, 0.15) is 5.82 Å². The number of benzene rings is 1. The summed E-state index contributed by atoms with van der Waals surface area (Å²) in [7, 11) is 0. The van der Waals surface area contributed by atoms with Gasteiger partial charge in [-0.3, -0.25) is 4.68 Å². The zero-order chi connectivity index (χ0) is 14.7. The summed E-state index contributed by atoms with van der Waals surface area (Å²) in [6.45, 7) is 4.61. The Balaban J connectivity index is 2.34.